The van der Waals surface area contributed by atoms with Gasteiger partial charge >= 0.3 is 5.97 Å². The van der Waals surface area contributed by atoms with Crippen LogP contribution in [0.1, 0.15) is 5.69 Å². The van der Waals surface area contributed by atoms with Gasteiger partial charge in [0.1, 0.15) is 29.9 Å². The van der Waals surface area contributed by atoms with Crippen molar-refractivity contribution in [1.82, 2.24) is 40.3 Å². The number of hydrogen-bond acceptors (Lipinski definition) is 14. The number of oxime groups is 1. The number of aliphatic carboxylic acids is 1. The van der Waals surface area contributed by atoms with E-state index in [1.54, 1.807) is 10.1 Å². The summed E-state index contributed by atoms with van der Waals surface area (Å²) in [5.74, 6) is -1.78. The SMILES string of the molecule is CON=C(C(=O)NC1C(=O)N2C(C(=O)O)=C(CSc3nnnn3CCN(C)C)CS[C@@H]12)c1csc(N)n1. The number of carboxylic acid groups (broad SMARTS) is 1. The van der Waals surface area contributed by atoms with E-state index in [2.05, 4.69) is 31.0 Å². The number of aromatic nitrogens is 5. The minimum atomic E-state index is -1.22. The molecule has 2 atom stereocenters. The van der Waals surface area contributed by atoms with Crippen LogP contribution >= 0.6 is 34.9 Å². The quantitative estimate of drug-likeness (QED) is 0.131. The van der Waals surface area contributed by atoms with Crippen LogP contribution in [0.25, 0.3) is 0 Å². The number of amides is 2. The van der Waals surface area contributed by atoms with E-state index < -0.39 is 29.2 Å². The Balaban J connectivity index is 1.46. The fourth-order valence-corrected chi connectivity index (χ4v) is 6.52. The van der Waals surface area contributed by atoms with Crippen LogP contribution in [-0.2, 0) is 25.8 Å². The lowest BCUT2D eigenvalue weighted by Gasteiger charge is -2.49. The minimum absolute atomic E-state index is 0.0860. The summed E-state index contributed by atoms with van der Waals surface area (Å²) in [6.45, 7) is 1.32. The zero-order chi connectivity index (χ0) is 26.7. The number of tetrazole rings is 1. The highest BCUT2D eigenvalue weighted by Gasteiger charge is 2.54. The molecule has 4 N–H and O–H groups in total. The molecule has 2 aromatic rings. The number of anilines is 1. The number of fused-ring (bicyclic) bond motifs is 1. The molecule has 0 aliphatic carbocycles. The van der Waals surface area contributed by atoms with Gasteiger partial charge in [0, 0.05) is 23.4 Å². The number of rotatable bonds is 11. The third-order valence-electron chi connectivity index (χ3n) is 5.33. The van der Waals surface area contributed by atoms with Gasteiger partial charge in [-0.3, -0.25) is 14.5 Å². The fraction of sp³-hybridized carbons (Fsp3) is 0.474. The van der Waals surface area contributed by atoms with Gasteiger partial charge in [-0.2, -0.15) is 0 Å². The van der Waals surface area contributed by atoms with Crippen LogP contribution in [0.4, 0.5) is 5.13 Å². The van der Waals surface area contributed by atoms with Crippen molar-refractivity contribution in [3.8, 4) is 0 Å². The van der Waals surface area contributed by atoms with Gasteiger partial charge in [0.15, 0.2) is 10.8 Å². The van der Waals surface area contributed by atoms with Crippen molar-refractivity contribution in [3.63, 3.8) is 0 Å². The normalized spacial score (nSPS) is 19.6. The number of thiazole rings is 1. The molecule has 0 aromatic carbocycles. The highest BCUT2D eigenvalue weighted by Crippen LogP contribution is 2.41. The molecule has 15 nitrogen and oxygen atoms in total. The Bertz CT molecular complexity index is 1260. The van der Waals surface area contributed by atoms with Crippen molar-refractivity contribution in [2.75, 3.05) is 45.0 Å². The van der Waals surface area contributed by atoms with Crippen molar-refractivity contribution < 1.29 is 24.3 Å². The van der Waals surface area contributed by atoms with Gasteiger partial charge in [0.25, 0.3) is 11.8 Å². The number of likely N-dealkylation sites (N-methyl/N-ethyl adjacent to an activating group) is 1. The highest BCUT2D eigenvalue weighted by atomic mass is 32.2. The lowest BCUT2D eigenvalue weighted by Crippen LogP contribution is -2.71. The number of carboxylic acids is 1. The predicted octanol–water partition coefficient (Wildman–Crippen LogP) is -0.845. The van der Waals surface area contributed by atoms with Crippen molar-refractivity contribution in [2.24, 2.45) is 5.16 Å². The average molecular weight is 569 g/mol. The molecule has 4 heterocycles. The molecule has 198 valence electrons. The van der Waals surface area contributed by atoms with Crippen molar-refractivity contribution in [3.05, 3.63) is 22.3 Å². The van der Waals surface area contributed by atoms with E-state index >= 15 is 0 Å². The molecule has 1 saturated heterocycles. The van der Waals surface area contributed by atoms with E-state index in [-0.39, 0.29) is 22.2 Å². The monoisotopic (exact) mass is 568 g/mol. The zero-order valence-corrected chi connectivity index (χ0v) is 22.5. The van der Waals surface area contributed by atoms with Crippen LogP contribution in [0.2, 0.25) is 0 Å². The number of nitrogens with two attached hydrogens (primary N) is 1. The lowest BCUT2D eigenvalue weighted by atomic mass is 10.0. The van der Waals surface area contributed by atoms with Crippen molar-refractivity contribution in [1.29, 1.82) is 0 Å². The fourth-order valence-electron chi connectivity index (χ4n) is 3.58. The smallest absolute Gasteiger partial charge is 0.352 e. The molecule has 2 aliphatic heterocycles. The van der Waals surface area contributed by atoms with Crippen LogP contribution in [0.5, 0.6) is 0 Å². The van der Waals surface area contributed by atoms with E-state index in [1.165, 1.54) is 35.5 Å². The third-order valence-corrected chi connectivity index (χ3v) is 8.39. The second kappa shape index (κ2) is 11.4. The maximum atomic E-state index is 13.0. The first kappa shape index (κ1) is 26.8. The van der Waals surface area contributed by atoms with Gasteiger partial charge in [-0.25, -0.2) is 14.5 Å². The summed E-state index contributed by atoms with van der Waals surface area (Å²) in [5.41, 5.74) is 6.20. The molecule has 0 bridgehead atoms. The molecule has 1 fully saturated rings. The molecular formula is C19H24N10O5S3. The maximum absolute atomic E-state index is 13.0. The molecule has 0 saturated carbocycles. The van der Waals surface area contributed by atoms with Crippen LogP contribution in [0, 0.1) is 0 Å². The van der Waals surface area contributed by atoms with E-state index in [0.29, 0.717) is 28.8 Å². The Morgan fingerprint density at radius 2 is 2.22 bits per heavy atom. The summed E-state index contributed by atoms with van der Waals surface area (Å²) in [7, 11) is 5.16. The number of nitrogen functional groups attached to an aromatic ring is 1. The minimum Gasteiger partial charge on any atom is -0.477 e. The number of β-lactam (4-membered cyclic amide) rings is 1. The molecular weight excluding hydrogens is 544 g/mol. The molecule has 1 unspecified atom stereocenters. The summed E-state index contributed by atoms with van der Waals surface area (Å²) >= 11 is 3.79. The van der Waals surface area contributed by atoms with E-state index in [9.17, 15) is 19.5 Å². The van der Waals surface area contributed by atoms with E-state index in [0.717, 1.165) is 17.9 Å². The summed E-state index contributed by atoms with van der Waals surface area (Å²) < 4.78 is 1.65. The van der Waals surface area contributed by atoms with Gasteiger partial charge in [-0.15, -0.1) is 28.2 Å². The first-order valence-electron chi connectivity index (χ1n) is 10.8. The third kappa shape index (κ3) is 5.71. The molecule has 37 heavy (non-hydrogen) atoms. The summed E-state index contributed by atoms with van der Waals surface area (Å²) in [5, 5.41) is 29.7. The van der Waals surface area contributed by atoms with E-state index in [1.807, 2.05) is 19.0 Å². The predicted molar refractivity (Wildman–Crippen MR) is 137 cm³/mol. The Hall–Kier alpha value is -3.22. The Labute approximate surface area is 223 Å². The Kier molecular flexibility index (Phi) is 8.30. The molecule has 4 rings (SSSR count). The standard InChI is InChI=1S/C19H24N10O5S3/c1-27(2)4-5-28-19(23-25-26-28)37-7-9-6-35-16-12(15(31)29(16)13(9)17(32)33)22-14(30)11(24-34-3)10-8-36-18(20)21-10/h8,12,16H,4-7H2,1-3H3,(H2,20,21)(H,22,30)(H,32,33)/t12?,16-/m0/s1. The molecule has 2 amide bonds. The second-order valence-electron chi connectivity index (χ2n) is 8.09. The number of hydrogen-bond donors (Lipinski definition) is 3. The topological polar surface area (TPSA) is 194 Å². The maximum Gasteiger partial charge on any atom is 0.352 e. The van der Waals surface area contributed by atoms with Crippen molar-refractivity contribution >= 4 is 63.5 Å². The zero-order valence-electron chi connectivity index (χ0n) is 20.0. The van der Waals surface area contributed by atoms with Crippen LogP contribution in [-0.4, -0.2) is 114 Å². The second-order valence-corrected chi connectivity index (χ2v) is 11.0. The summed E-state index contributed by atoms with van der Waals surface area (Å²) in [4.78, 5) is 50.0. The van der Waals surface area contributed by atoms with Crippen molar-refractivity contribution in [2.45, 2.75) is 23.1 Å². The highest BCUT2D eigenvalue weighted by molar-refractivity contribution is 8.01. The van der Waals surface area contributed by atoms with Gasteiger partial charge in [-0.05, 0) is 30.1 Å². The number of carbonyl (C=O) groups excluding carboxylic acids is 2. The number of carbonyl (C=O) groups is 3. The molecule has 0 radical (unpaired) electrons. The Morgan fingerprint density at radius 3 is 2.86 bits per heavy atom. The number of nitrogens with zero attached hydrogens (tertiary/aromatic N) is 8. The average Bonchev–Trinajstić information content (AvgIpc) is 3.50. The van der Waals surface area contributed by atoms with Gasteiger partial charge in [0.05, 0.1) is 6.54 Å². The molecule has 2 aliphatic rings. The van der Waals surface area contributed by atoms with Gasteiger partial charge < -0.3 is 25.9 Å². The van der Waals surface area contributed by atoms with Gasteiger partial charge in [-0.1, -0.05) is 16.9 Å². The number of nitrogens with one attached hydrogen (secondary N) is 1. The lowest BCUT2D eigenvalue weighted by molar-refractivity contribution is -0.150. The molecule has 0 spiro atoms. The van der Waals surface area contributed by atoms with Crippen LogP contribution in [0.3, 0.4) is 0 Å². The van der Waals surface area contributed by atoms with E-state index in [4.69, 9.17) is 10.6 Å². The first-order chi connectivity index (χ1) is 17.7. The molecule has 2 aromatic heterocycles. The van der Waals surface area contributed by atoms with Crippen LogP contribution in [0.15, 0.2) is 27.0 Å². The van der Waals surface area contributed by atoms with Crippen LogP contribution < -0.4 is 11.1 Å². The molecule has 18 heteroatoms. The van der Waals surface area contributed by atoms with Gasteiger partial charge in [0.2, 0.25) is 5.16 Å². The number of thioether (sulfide) groups is 2. The summed E-state index contributed by atoms with van der Waals surface area (Å²) in [6, 6.07) is -0.933. The summed E-state index contributed by atoms with van der Waals surface area (Å²) in [6.07, 6.45) is 0. The first-order valence-corrected chi connectivity index (χ1v) is 13.7. The Morgan fingerprint density at radius 1 is 1.43 bits per heavy atom. The largest absolute Gasteiger partial charge is 0.477 e.